The fourth-order valence-electron chi connectivity index (χ4n) is 2.44. The van der Waals surface area contributed by atoms with Crippen molar-refractivity contribution in [3.8, 4) is 0 Å². The first-order valence-corrected chi connectivity index (χ1v) is 7.53. The molecule has 0 unspecified atom stereocenters. The van der Waals surface area contributed by atoms with E-state index in [-0.39, 0.29) is 30.7 Å². The quantitative estimate of drug-likeness (QED) is 0.884. The van der Waals surface area contributed by atoms with E-state index in [2.05, 4.69) is 28.7 Å². The Hall–Kier alpha value is -1.11. The number of carbonyl (C=O) groups is 1. The SMILES string of the molecule is Cc1cc(N2CCN(C(=O)[C@@H](C)N)CC2)nc(C(C)C)n1.Cl.Cl. The topological polar surface area (TPSA) is 75.3 Å². The van der Waals surface area contributed by atoms with Gasteiger partial charge in [0.15, 0.2) is 0 Å². The number of hydrogen-bond acceptors (Lipinski definition) is 5. The molecule has 1 aromatic heterocycles. The third-order valence-electron chi connectivity index (χ3n) is 3.68. The van der Waals surface area contributed by atoms with Crippen LogP contribution in [0, 0.1) is 6.92 Å². The lowest BCUT2D eigenvalue weighted by Gasteiger charge is -2.36. The summed E-state index contributed by atoms with van der Waals surface area (Å²) in [5.74, 6) is 2.17. The Morgan fingerprint density at radius 1 is 1.13 bits per heavy atom. The second-order valence-corrected chi connectivity index (χ2v) is 5.98. The first-order valence-electron chi connectivity index (χ1n) is 7.53. The number of piperazine rings is 1. The van der Waals surface area contributed by atoms with Crippen LogP contribution in [0.15, 0.2) is 6.07 Å². The normalized spacial score (nSPS) is 15.7. The number of amides is 1. The summed E-state index contributed by atoms with van der Waals surface area (Å²) in [5, 5.41) is 0. The Kier molecular flexibility index (Phi) is 8.80. The summed E-state index contributed by atoms with van der Waals surface area (Å²) in [5.41, 5.74) is 6.64. The summed E-state index contributed by atoms with van der Waals surface area (Å²) in [6.45, 7) is 10.9. The van der Waals surface area contributed by atoms with Crippen LogP contribution in [-0.2, 0) is 4.79 Å². The van der Waals surface area contributed by atoms with Crippen LogP contribution < -0.4 is 10.6 Å². The monoisotopic (exact) mass is 363 g/mol. The Morgan fingerprint density at radius 3 is 2.17 bits per heavy atom. The van der Waals surface area contributed by atoms with Crippen LogP contribution in [0.2, 0.25) is 0 Å². The Morgan fingerprint density at radius 2 is 1.70 bits per heavy atom. The van der Waals surface area contributed by atoms with Crippen molar-refractivity contribution in [2.24, 2.45) is 5.73 Å². The summed E-state index contributed by atoms with van der Waals surface area (Å²) in [4.78, 5) is 25.1. The number of halogens is 2. The van der Waals surface area contributed by atoms with Gasteiger partial charge >= 0.3 is 0 Å². The molecule has 2 heterocycles. The van der Waals surface area contributed by atoms with Gasteiger partial charge in [0, 0.05) is 43.9 Å². The van der Waals surface area contributed by atoms with Crippen molar-refractivity contribution in [2.75, 3.05) is 31.1 Å². The van der Waals surface area contributed by atoms with Crippen LogP contribution in [0.1, 0.15) is 38.2 Å². The van der Waals surface area contributed by atoms with E-state index in [1.165, 1.54) is 0 Å². The molecule has 0 aromatic carbocycles. The minimum absolute atomic E-state index is 0. The van der Waals surface area contributed by atoms with Crippen molar-refractivity contribution in [2.45, 2.75) is 39.7 Å². The molecule has 1 amide bonds. The summed E-state index contributed by atoms with van der Waals surface area (Å²) in [6.07, 6.45) is 0. The Labute approximate surface area is 150 Å². The van der Waals surface area contributed by atoms with Gasteiger partial charge in [-0.1, -0.05) is 13.8 Å². The lowest BCUT2D eigenvalue weighted by molar-refractivity contribution is -0.132. The predicted molar refractivity (Wildman–Crippen MR) is 97.8 cm³/mol. The first-order chi connectivity index (χ1) is 9.88. The molecule has 1 saturated heterocycles. The van der Waals surface area contributed by atoms with Crippen LogP contribution in [-0.4, -0.2) is 53.0 Å². The summed E-state index contributed by atoms with van der Waals surface area (Å²) in [7, 11) is 0. The zero-order valence-electron chi connectivity index (χ0n) is 14.2. The van der Waals surface area contributed by atoms with E-state index in [9.17, 15) is 4.79 Å². The van der Waals surface area contributed by atoms with Gasteiger partial charge in [-0.05, 0) is 13.8 Å². The largest absolute Gasteiger partial charge is 0.353 e. The molecule has 8 heteroatoms. The van der Waals surface area contributed by atoms with E-state index < -0.39 is 6.04 Å². The number of hydrogen-bond donors (Lipinski definition) is 1. The van der Waals surface area contributed by atoms with Crippen molar-refractivity contribution >= 4 is 36.5 Å². The molecule has 132 valence electrons. The zero-order chi connectivity index (χ0) is 15.6. The van der Waals surface area contributed by atoms with Crippen LogP contribution in [0.4, 0.5) is 5.82 Å². The number of rotatable bonds is 3. The third kappa shape index (κ3) is 5.48. The molecule has 0 spiro atoms. The maximum Gasteiger partial charge on any atom is 0.239 e. The minimum Gasteiger partial charge on any atom is -0.353 e. The fraction of sp³-hybridized carbons (Fsp3) is 0.667. The molecule has 0 radical (unpaired) electrons. The summed E-state index contributed by atoms with van der Waals surface area (Å²) in [6, 6.07) is 1.58. The minimum atomic E-state index is -0.426. The van der Waals surface area contributed by atoms with Crippen LogP contribution in [0.3, 0.4) is 0 Å². The molecule has 1 aliphatic heterocycles. The average Bonchev–Trinajstić information content (AvgIpc) is 2.45. The van der Waals surface area contributed by atoms with E-state index in [1.54, 1.807) is 6.92 Å². The lowest BCUT2D eigenvalue weighted by atomic mass is 10.2. The molecule has 1 aliphatic rings. The zero-order valence-corrected chi connectivity index (χ0v) is 15.8. The van der Waals surface area contributed by atoms with Gasteiger partial charge in [0.2, 0.25) is 5.91 Å². The van der Waals surface area contributed by atoms with Gasteiger partial charge in [-0.15, -0.1) is 24.8 Å². The first kappa shape index (κ1) is 21.9. The predicted octanol–water partition coefficient (Wildman–Crippen LogP) is 1.75. The van der Waals surface area contributed by atoms with E-state index in [0.29, 0.717) is 19.0 Å². The highest BCUT2D eigenvalue weighted by atomic mass is 35.5. The number of aromatic nitrogens is 2. The number of anilines is 1. The molecule has 0 saturated carbocycles. The molecular weight excluding hydrogens is 337 g/mol. The molecule has 23 heavy (non-hydrogen) atoms. The maximum atomic E-state index is 11.9. The number of nitrogens with zero attached hydrogens (tertiary/aromatic N) is 4. The van der Waals surface area contributed by atoms with Crippen molar-refractivity contribution in [1.82, 2.24) is 14.9 Å². The Balaban J connectivity index is 0.00000242. The summed E-state index contributed by atoms with van der Waals surface area (Å²) >= 11 is 0. The standard InChI is InChI=1S/C15H25N5O.2ClH/c1-10(2)14-17-11(3)9-13(18-14)19-5-7-20(8-6-19)15(21)12(4)16;;/h9-10,12H,5-8,16H2,1-4H3;2*1H/t12-;;/m1../s1. The molecule has 1 fully saturated rings. The van der Waals surface area contributed by atoms with Crippen molar-refractivity contribution in [1.29, 1.82) is 0 Å². The van der Waals surface area contributed by atoms with E-state index in [1.807, 2.05) is 17.9 Å². The molecule has 1 atom stereocenters. The van der Waals surface area contributed by atoms with Gasteiger partial charge in [-0.2, -0.15) is 0 Å². The second kappa shape index (κ2) is 9.25. The number of nitrogens with two attached hydrogens (primary N) is 1. The van der Waals surface area contributed by atoms with Crippen LogP contribution in [0.25, 0.3) is 0 Å². The maximum absolute atomic E-state index is 11.9. The molecule has 2 N–H and O–H groups in total. The second-order valence-electron chi connectivity index (χ2n) is 5.98. The van der Waals surface area contributed by atoms with Crippen molar-refractivity contribution in [3.63, 3.8) is 0 Å². The smallest absolute Gasteiger partial charge is 0.239 e. The van der Waals surface area contributed by atoms with Gasteiger partial charge in [0.05, 0.1) is 6.04 Å². The number of aryl methyl sites for hydroxylation is 1. The van der Waals surface area contributed by atoms with Crippen molar-refractivity contribution < 1.29 is 4.79 Å². The molecule has 0 bridgehead atoms. The van der Waals surface area contributed by atoms with Gasteiger partial charge in [0.1, 0.15) is 11.6 Å². The fourth-order valence-corrected chi connectivity index (χ4v) is 2.44. The van der Waals surface area contributed by atoms with E-state index >= 15 is 0 Å². The highest BCUT2D eigenvalue weighted by Gasteiger charge is 2.24. The summed E-state index contributed by atoms with van der Waals surface area (Å²) < 4.78 is 0. The molecule has 2 rings (SSSR count). The van der Waals surface area contributed by atoms with Crippen LogP contribution in [0.5, 0.6) is 0 Å². The highest BCUT2D eigenvalue weighted by molar-refractivity contribution is 5.85. The van der Waals surface area contributed by atoms with Gasteiger partial charge < -0.3 is 15.5 Å². The van der Waals surface area contributed by atoms with E-state index in [4.69, 9.17) is 5.73 Å². The van der Waals surface area contributed by atoms with Crippen molar-refractivity contribution in [3.05, 3.63) is 17.6 Å². The van der Waals surface area contributed by atoms with Gasteiger partial charge in [-0.3, -0.25) is 4.79 Å². The molecular formula is C15H27Cl2N5O. The Bertz CT molecular complexity index is 517. The third-order valence-corrected chi connectivity index (χ3v) is 3.68. The van der Waals surface area contributed by atoms with E-state index in [0.717, 1.165) is 30.4 Å². The molecule has 1 aromatic rings. The lowest BCUT2D eigenvalue weighted by Crippen LogP contribution is -2.52. The number of carbonyl (C=O) groups excluding carboxylic acids is 1. The highest BCUT2D eigenvalue weighted by Crippen LogP contribution is 2.18. The van der Waals surface area contributed by atoms with Crippen LogP contribution >= 0.6 is 24.8 Å². The van der Waals surface area contributed by atoms with Gasteiger partial charge in [0.25, 0.3) is 0 Å². The molecule has 6 nitrogen and oxygen atoms in total. The van der Waals surface area contributed by atoms with Gasteiger partial charge in [-0.25, -0.2) is 9.97 Å². The molecule has 0 aliphatic carbocycles. The average molecular weight is 364 g/mol.